The van der Waals surface area contributed by atoms with Gasteiger partial charge in [-0.3, -0.25) is 19.7 Å². The van der Waals surface area contributed by atoms with Gasteiger partial charge >= 0.3 is 11.9 Å². The molecule has 0 aliphatic heterocycles. The summed E-state index contributed by atoms with van der Waals surface area (Å²) < 4.78 is 4.44. The van der Waals surface area contributed by atoms with Gasteiger partial charge in [-0.2, -0.15) is 0 Å². The molecule has 16 heavy (non-hydrogen) atoms. The summed E-state index contributed by atoms with van der Waals surface area (Å²) in [6, 6.07) is -1.15. The Bertz CT molecular complexity index is 293. The molecule has 7 nitrogen and oxygen atoms in total. The molecule has 1 aliphatic carbocycles. The van der Waals surface area contributed by atoms with E-state index in [1.165, 1.54) is 0 Å². The van der Waals surface area contributed by atoms with Crippen LogP contribution < -0.4 is 0 Å². The van der Waals surface area contributed by atoms with Crippen molar-refractivity contribution in [3.8, 4) is 0 Å². The molecule has 0 amide bonds. The third-order valence-electron chi connectivity index (χ3n) is 2.92. The van der Waals surface area contributed by atoms with Gasteiger partial charge in [0.05, 0.1) is 13.0 Å². The van der Waals surface area contributed by atoms with Crippen LogP contribution in [0.25, 0.3) is 0 Å². The van der Waals surface area contributed by atoms with Crippen LogP contribution >= 0.6 is 0 Å². The van der Waals surface area contributed by atoms with Gasteiger partial charge in [0.15, 0.2) is 0 Å². The van der Waals surface area contributed by atoms with Crippen LogP contribution in [0, 0.1) is 22.0 Å². The molecule has 0 radical (unpaired) electrons. The van der Waals surface area contributed by atoms with Crippen LogP contribution in [0.1, 0.15) is 19.3 Å². The van der Waals surface area contributed by atoms with Crippen LogP contribution in [-0.2, 0) is 14.3 Å². The van der Waals surface area contributed by atoms with Crippen molar-refractivity contribution in [3.05, 3.63) is 10.1 Å². The number of carbonyl (C=O) groups is 2. The van der Waals surface area contributed by atoms with Gasteiger partial charge in [-0.15, -0.1) is 0 Å². The minimum Gasteiger partial charge on any atom is -0.481 e. The number of aliphatic carboxylic acids is 1. The lowest BCUT2D eigenvalue weighted by Crippen LogP contribution is -2.45. The van der Waals surface area contributed by atoms with Crippen molar-refractivity contribution >= 4 is 11.9 Å². The number of esters is 1. The number of ether oxygens (including phenoxy) is 1. The number of hydrogen-bond acceptors (Lipinski definition) is 5. The first-order chi connectivity index (χ1) is 7.49. The molecular weight excluding hydrogens is 218 g/mol. The second kappa shape index (κ2) is 4.91. The second-order valence-corrected chi connectivity index (χ2v) is 3.78. The van der Waals surface area contributed by atoms with E-state index in [1.807, 2.05) is 0 Å². The Morgan fingerprint density at radius 1 is 1.44 bits per heavy atom. The molecule has 0 saturated heterocycles. The monoisotopic (exact) mass is 231 g/mol. The van der Waals surface area contributed by atoms with Gasteiger partial charge in [0.2, 0.25) is 6.04 Å². The third-order valence-corrected chi connectivity index (χ3v) is 2.92. The number of nitrogens with zero attached hydrogens (tertiary/aromatic N) is 1. The van der Waals surface area contributed by atoms with Crippen molar-refractivity contribution in [1.29, 1.82) is 0 Å². The summed E-state index contributed by atoms with van der Waals surface area (Å²) in [5, 5.41) is 19.7. The number of carboxylic acids is 1. The average molecular weight is 231 g/mol. The first kappa shape index (κ1) is 12.4. The van der Waals surface area contributed by atoms with Crippen molar-refractivity contribution in [1.82, 2.24) is 0 Å². The molecule has 1 rings (SSSR count). The first-order valence-corrected chi connectivity index (χ1v) is 4.93. The van der Waals surface area contributed by atoms with Crippen LogP contribution in [-0.4, -0.2) is 35.1 Å². The van der Waals surface area contributed by atoms with Crippen LogP contribution in [0.5, 0.6) is 0 Å². The number of carboxylic acid groups (broad SMARTS) is 1. The molecule has 0 spiro atoms. The van der Waals surface area contributed by atoms with Crippen molar-refractivity contribution < 1.29 is 24.4 Å². The van der Waals surface area contributed by atoms with Gasteiger partial charge in [0.25, 0.3) is 0 Å². The van der Waals surface area contributed by atoms with Gasteiger partial charge in [0.1, 0.15) is 5.92 Å². The first-order valence-electron chi connectivity index (χ1n) is 4.93. The molecule has 3 unspecified atom stereocenters. The zero-order valence-electron chi connectivity index (χ0n) is 8.79. The maximum atomic E-state index is 11.4. The van der Waals surface area contributed by atoms with Crippen LogP contribution in [0.4, 0.5) is 0 Å². The van der Waals surface area contributed by atoms with E-state index in [2.05, 4.69) is 4.74 Å². The largest absolute Gasteiger partial charge is 0.481 e. The fourth-order valence-corrected chi connectivity index (χ4v) is 2.15. The molecule has 0 aromatic rings. The Balaban J connectivity index is 2.98. The molecule has 3 atom stereocenters. The highest BCUT2D eigenvalue weighted by Crippen LogP contribution is 2.33. The highest BCUT2D eigenvalue weighted by atomic mass is 16.6. The van der Waals surface area contributed by atoms with Gasteiger partial charge in [-0.05, 0) is 12.8 Å². The molecular formula is C9H13NO6. The Labute approximate surface area is 91.5 Å². The van der Waals surface area contributed by atoms with Crippen molar-refractivity contribution in [3.63, 3.8) is 0 Å². The molecule has 7 heteroatoms. The van der Waals surface area contributed by atoms with Gasteiger partial charge in [0, 0.05) is 11.3 Å². The minimum atomic E-state index is -1.18. The van der Waals surface area contributed by atoms with Crippen LogP contribution in [0.3, 0.4) is 0 Å². The molecule has 0 bridgehead atoms. The number of methoxy groups -OCH3 is 1. The summed E-state index contributed by atoms with van der Waals surface area (Å²) >= 11 is 0. The molecule has 0 aromatic heterocycles. The van der Waals surface area contributed by atoms with E-state index in [4.69, 9.17) is 5.11 Å². The number of carbonyl (C=O) groups excluding carboxylic acids is 1. The normalized spacial score (nSPS) is 29.4. The van der Waals surface area contributed by atoms with E-state index in [0.717, 1.165) is 7.11 Å². The summed E-state index contributed by atoms with van der Waals surface area (Å²) in [5.41, 5.74) is 0. The maximum absolute atomic E-state index is 11.4. The Morgan fingerprint density at radius 3 is 2.50 bits per heavy atom. The molecule has 90 valence electrons. The second-order valence-electron chi connectivity index (χ2n) is 3.78. The van der Waals surface area contributed by atoms with Gasteiger partial charge in [-0.1, -0.05) is 0 Å². The maximum Gasteiger partial charge on any atom is 0.316 e. The van der Waals surface area contributed by atoms with E-state index in [1.54, 1.807) is 0 Å². The zero-order chi connectivity index (χ0) is 12.3. The molecule has 1 N–H and O–H groups in total. The molecule has 0 aromatic carbocycles. The van der Waals surface area contributed by atoms with E-state index in [0.29, 0.717) is 6.42 Å². The summed E-state index contributed by atoms with van der Waals surface area (Å²) in [4.78, 5) is 32.5. The topological polar surface area (TPSA) is 107 Å². The molecule has 0 heterocycles. The lowest BCUT2D eigenvalue weighted by atomic mass is 9.76. The Hall–Kier alpha value is -1.66. The summed E-state index contributed by atoms with van der Waals surface area (Å²) in [5.74, 6) is -4.18. The fourth-order valence-electron chi connectivity index (χ4n) is 2.15. The highest BCUT2D eigenvalue weighted by molar-refractivity contribution is 5.81. The zero-order valence-corrected chi connectivity index (χ0v) is 8.79. The highest BCUT2D eigenvalue weighted by Gasteiger charge is 2.49. The number of nitro groups is 1. The number of hydrogen-bond donors (Lipinski definition) is 1. The summed E-state index contributed by atoms with van der Waals surface area (Å²) in [6.07, 6.45) is 0.937. The van der Waals surface area contributed by atoms with E-state index in [9.17, 15) is 19.7 Å². The van der Waals surface area contributed by atoms with E-state index in [-0.39, 0.29) is 12.8 Å². The molecule has 1 fully saturated rings. The van der Waals surface area contributed by atoms with Crippen molar-refractivity contribution in [2.75, 3.05) is 7.11 Å². The summed E-state index contributed by atoms with van der Waals surface area (Å²) in [6.45, 7) is 0. The summed E-state index contributed by atoms with van der Waals surface area (Å²) in [7, 11) is 1.10. The van der Waals surface area contributed by atoms with E-state index >= 15 is 0 Å². The Morgan fingerprint density at radius 2 is 2.06 bits per heavy atom. The van der Waals surface area contributed by atoms with Gasteiger partial charge < -0.3 is 9.84 Å². The number of rotatable bonds is 3. The van der Waals surface area contributed by atoms with E-state index < -0.39 is 34.7 Å². The third kappa shape index (κ3) is 2.29. The SMILES string of the molecule is COC(=O)C1C(C(=O)O)CCCC1[N+](=O)[O-]. The standard InChI is InChI=1S/C9H13NO6/c1-16-9(13)7-5(8(11)12)3-2-4-6(7)10(14)15/h5-7H,2-4H2,1H3,(H,11,12). The van der Waals surface area contributed by atoms with Crippen molar-refractivity contribution in [2.45, 2.75) is 25.3 Å². The van der Waals surface area contributed by atoms with Crippen LogP contribution in [0.15, 0.2) is 0 Å². The fraction of sp³-hybridized carbons (Fsp3) is 0.778. The lowest BCUT2D eigenvalue weighted by molar-refractivity contribution is -0.534. The predicted octanol–water partition coefficient (Wildman–Crippen LogP) is 0.306. The average Bonchev–Trinajstić information content (AvgIpc) is 2.26. The van der Waals surface area contributed by atoms with Gasteiger partial charge in [-0.25, -0.2) is 0 Å². The Kier molecular flexibility index (Phi) is 3.81. The van der Waals surface area contributed by atoms with Crippen LogP contribution in [0.2, 0.25) is 0 Å². The molecule has 1 saturated carbocycles. The minimum absolute atomic E-state index is 0.219. The lowest BCUT2D eigenvalue weighted by Gasteiger charge is -2.28. The molecule has 1 aliphatic rings. The predicted molar refractivity (Wildman–Crippen MR) is 51.3 cm³/mol. The smallest absolute Gasteiger partial charge is 0.316 e. The van der Waals surface area contributed by atoms with Crippen molar-refractivity contribution in [2.24, 2.45) is 11.8 Å². The quantitative estimate of drug-likeness (QED) is 0.425.